The minimum absolute atomic E-state index is 0.113. The maximum absolute atomic E-state index is 12.8. The lowest BCUT2D eigenvalue weighted by molar-refractivity contribution is -0.167. The highest BCUT2D eigenvalue weighted by molar-refractivity contribution is 5.71. The second-order valence-electron chi connectivity index (χ2n) is 17.7. The summed E-state index contributed by atoms with van der Waals surface area (Å²) >= 11 is 0. The predicted octanol–water partition coefficient (Wildman–Crippen LogP) is 18.0. The lowest BCUT2D eigenvalue weighted by Crippen LogP contribution is -2.30. The molecule has 6 nitrogen and oxygen atoms in total. The lowest BCUT2D eigenvalue weighted by Gasteiger charge is -2.18. The summed E-state index contributed by atoms with van der Waals surface area (Å²) in [5.74, 6) is -1.01. The zero-order valence-corrected chi connectivity index (χ0v) is 42.5. The summed E-state index contributed by atoms with van der Waals surface area (Å²) in [4.78, 5) is 38.0. The molecule has 0 saturated heterocycles. The number of hydrogen-bond acceptors (Lipinski definition) is 6. The molecule has 0 amide bonds. The van der Waals surface area contributed by atoms with Crippen molar-refractivity contribution in [3.8, 4) is 0 Å². The van der Waals surface area contributed by atoms with Crippen molar-refractivity contribution >= 4 is 17.9 Å². The molecule has 0 saturated carbocycles. The van der Waals surface area contributed by atoms with Crippen molar-refractivity contribution in [2.24, 2.45) is 0 Å². The molecular weight excluding hydrogens is 805 g/mol. The van der Waals surface area contributed by atoms with E-state index in [1.165, 1.54) is 116 Å². The minimum atomic E-state index is -0.822. The number of carbonyl (C=O) groups excluding carboxylic acids is 3. The second kappa shape index (κ2) is 53.2. The lowest BCUT2D eigenvalue weighted by atomic mass is 10.1. The third-order valence-electron chi connectivity index (χ3n) is 11.4. The zero-order chi connectivity index (χ0) is 47.2. The van der Waals surface area contributed by atoms with Gasteiger partial charge in [0.15, 0.2) is 6.10 Å². The Bertz CT molecular complexity index is 1270. The van der Waals surface area contributed by atoms with Crippen molar-refractivity contribution in [3.63, 3.8) is 0 Å². The Morgan fingerprint density at radius 2 is 0.615 bits per heavy atom. The number of allylic oxidation sites excluding steroid dienone is 14. The van der Waals surface area contributed by atoms with E-state index in [1.807, 2.05) is 0 Å². The van der Waals surface area contributed by atoms with Crippen LogP contribution in [-0.4, -0.2) is 37.2 Å². The maximum Gasteiger partial charge on any atom is 0.306 e. The topological polar surface area (TPSA) is 78.9 Å². The van der Waals surface area contributed by atoms with Crippen LogP contribution >= 0.6 is 0 Å². The molecule has 0 N–H and O–H groups in total. The second-order valence-corrected chi connectivity index (χ2v) is 17.7. The highest BCUT2D eigenvalue weighted by atomic mass is 16.6. The van der Waals surface area contributed by atoms with Gasteiger partial charge in [-0.05, 0) is 109 Å². The van der Waals surface area contributed by atoms with Gasteiger partial charge in [-0.25, -0.2) is 0 Å². The monoisotopic (exact) mass is 905 g/mol. The molecule has 0 aromatic heterocycles. The van der Waals surface area contributed by atoms with E-state index in [0.29, 0.717) is 19.3 Å². The highest BCUT2D eigenvalue weighted by Gasteiger charge is 2.19. The number of unbranched alkanes of at least 4 members (excludes halogenated alkanes) is 23. The van der Waals surface area contributed by atoms with Crippen LogP contribution in [0.5, 0.6) is 0 Å². The van der Waals surface area contributed by atoms with Gasteiger partial charge in [0.05, 0.1) is 0 Å². The van der Waals surface area contributed by atoms with Crippen LogP contribution in [0.3, 0.4) is 0 Å². The summed E-state index contributed by atoms with van der Waals surface area (Å²) in [6.45, 7) is 6.43. The van der Waals surface area contributed by atoms with Crippen LogP contribution in [0.15, 0.2) is 85.1 Å². The van der Waals surface area contributed by atoms with Crippen molar-refractivity contribution in [1.29, 1.82) is 0 Å². The van der Waals surface area contributed by atoms with Gasteiger partial charge in [-0.2, -0.15) is 0 Å². The van der Waals surface area contributed by atoms with Crippen LogP contribution in [-0.2, 0) is 28.6 Å². The molecule has 6 heteroatoms. The van der Waals surface area contributed by atoms with Gasteiger partial charge >= 0.3 is 17.9 Å². The molecular formula is C59H100O6. The molecule has 1 atom stereocenters. The van der Waals surface area contributed by atoms with Gasteiger partial charge in [0, 0.05) is 19.3 Å². The number of ether oxygens (including phenoxy) is 3. The van der Waals surface area contributed by atoms with Gasteiger partial charge in [0.2, 0.25) is 0 Å². The van der Waals surface area contributed by atoms with Crippen LogP contribution in [0.2, 0.25) is 0 Å². The third-order valence-corrected chi connectivity index (χ3v) is 11.4. The van der Waals surface area contributed by atoms with Gasteiger partial charge in [-0.3, -0.25) is 14.4 Å². The number of esters is 3. The molecule has 1 unspecified atom stereocenters. The molecule has 372 valence electrons. The van der Waals surface area contributed by atoms with Crippen molar-refractivity contribution in [2.45, 2.75) is 258 Å². The number of carbonyl (C=O) groups is 3. The first-order chi connectivity index (χ1) is 32.0. The van der Waals surface area contributed by atoms with E-state index in [-0.39, 0.29) is 37.5 Å². The molecule has 0 fully saturated rings. The molecule has 0 aromatic rings. The van der Waals surface area contributed by atoms with E-state index in [2.05, 4.69) is 106 Å². The number of hydrogen-bond donors (Lipinski definition) is 0. The summed E-state index contributed by atoms with van der Waals surface area (Å²) in [7, 11) is 0. The summed E-state index contributed by atoms with van der Waals surface area (Å²) in [6, 6.07) is 0. The average Bonchev–Trinajstić information content (AvgIpc) is 3.30. The van der Waals surface area contributed by atoms with E-state index in [1.54, 1.807) is 0 Å². The molecule has 0 aliphatic heterocycles. The SMILES string of the molecule is CC/C=C\C/C=C\C/C=C\CCCCC(=O)OCC(COC(=O)CCCCCCC/C=C\CCCCCCCCCCC)OC(=O)CCC/C=C\C/C=C\C/C=C\CCCCCCCC. The molecule has 0 aliphatic rings. The molecule has 0 aliphatic carbocycles. The van der Waals surface area contributed by atoms with Crippen molar-refractivity contribution in [3.05, 3.63) is 85.1 Å². The zero-order valence-electron chi connectivity index (χ0n) is 42.5. The fourth-order valence-corrected chi connectivity index (χ4v) is 7.29. The van der Waals surface area contributed by atoms with E-state index in [4.69, 9.17) is 14.2 Å². The Kier molecular flexibility index (Phi) is 50.4. The van der Waals surface area contributed by atoms with Crippen LogP contribution in [0.25, 0.3) is 0 Å². The van der Waals surface area contributed by atoms with Gasteiger partial charge in [0.25, 0.3) is 0 Å². The van der Waals surface area contributed by atoms with E-state index >= 15 is 0 Å². The van der Waals surface area contributed by atoms with Gasteiger partial charge < -0.3 is 14.2 Å². The van der Waals surface area contributed by atoms with Crippen molar-refractivity contribution in [2.75, 3.05) is 13.2 Å². The van der Waals surface area contributed by atoms with Crippen LogP contribution in [0.4, 0.5) is 0 Å². The molecule has 0 radical (unpaired) electrons. The number of rotatable bonds is 48. The van der Waals surface area contributed by atoms with Gasteiger partial charge in [-0.15, -0.1) is 0 Å². The average molecular weight is 905 g/mol. The van der Waals surface area contributed by atoms with Crippen molar-refractivity contribution < 1.29 is 28.6 Å². The quantitative estimate of drug-likeness (QED) is 0.0262. The summed E-state index contributed by atoms with van der Waals surface area (Å²) in [5.41, 5.74) is 0. The highest BCUT2D eigenvalue weighted by Crippen LogP contribution is 2.13. The smallest absolute Gasteiger partial charge is 0.306 e. The predicted molar refractivity (Wildman–Crippen MR) is 279 cm³/mol. The Hall–Kier alpha value is -3.41. The molecule has 65 heavy (non-hydrogen) atoms. The molecule has 0 spiro atoms. The largest absolute Gasteiger partial charge is 0.462 e. The van der Waals surface area contributed by atoms with Crippen molar-refractivity contribution in [1.82, 2.24) is 0 Å². The summed E-state index contributed by atoms with van der Waals surface area (Å²) < 4.78 is 16.7. The normalized spacial score (nSPS) is 12.7. The standard InChI is InChI=1S/C59H100O6/c1-4-7-10-13-16-19-22-25-27-29-31-32-34-37-40-43-46-49-52-58(61)64-55-56(54-63-57(60)51-48-45-42-39-36-24-21-18-15-12-9-6-3)65-59(62)53-50-47-44-41-38-35-33-30-28-26-23-20-17-14-11-8-5-2/h9,12,18,21,26,28,31-33,35-36,39,41,44,56H,4-8,10-11,13-17,19-20,22-25,27,29-30,34,37-38,40,42-43,45-55H2,1-3H3/b12-9-,21-18-,28-26-,32-31-,35-33-,39-36-,44-41-. The Labute approximate surface area is 401 Å². The first-order valence-corrected chi connectivity index (χ1v) is 27.1. The summed E-state index contributed by atoms with van der Waals surface area (Å²) in [6.07, 6.45) is 68.7. The molecule has 0 heterocycles. The van der Waals surface area contributed by atoms with E-state index < -0.39 is 6.10 Å². The first-order valence-electron chi connectivity index (χ1n) is 27.1. The van der Waals surface area contributed by atoms with Gasteiger partial charge in [-0.1, -0.05) is 209 Å². The molecule has 0 rings (SSSR count). The minimum Gasteiger partial charge on any atom is -0.462 e. The van der Waals surface area contributed by atoms with Crippen LogP contribution < -0.4 is 0 Å². The first kappa shape index (κ1) is 61.6. The maximum atomic E-state index is 12.8. The van der Waals surface area contributed by atoms with Crippen LogP contribution in [0.1, 0.15) is 252 Å². The van der Waals surface area contributed by atoms with Gasteiger partial charge in [0.1, 0.15) is 13.2 Å². The fourth-order valence-electron chi connectivity index (χ4n) is 7.29. The van der Waals surface area contributed by atoms with E-state index in [9.17, 15) is 14.4 Å². The van der Waals surface area contributed by atoms with Crippen LogP contribution in [0, 0.1) is 0 Å². The molecule has 0 aromatic carbocycles. The Morgan fingerprint density at radius 1 is 0.323 bits per heavy atom. The fraction of sp³-hybridized carbons (Fsp3) is 0.712. The summed E-state index contributed by atoms with van der Waals surface area (Å²) in [5, 5.41) is 0. The Morgan fingerprint density at radius 3 is 1.03 bits per heavy atom. The van der Waals surface area contributed by atoms with E-state index in [0.717, 1.165) is 89.9 Å². The Balaban J connectivity index is 4.48. The third kappa shape index (κ3) is 51.4. The molecule has 0 bridgehead atoms.